The van der Waals surface area contributed by atoms with Crippen LogP contribution in [0.3, 0.4) is 0 Å². The predicted molar refractivity (Wildman–Crippen MR) is 130 cm³/mol. The highest BCUT2D eigenvalue weighted by molar-refractivity contribution is 7.89. The third kappa shape index (κ3) is 4.34. The van der Waals surface area contributed by atoms with Crippen LogP contribution in [0.25, 0.3) is 11.1 Å². The van der Waals surface area contributed by atoms with E-state index >= 15 is 0 Å². The average molecular weight is 521 g/mol. The second-order valence-electron chi connectivity index (χ2n) is 10.5. The molecule has 0 aromatic heterocycles. The van der Waals surface area contributed by atoms with Crippen molar-refractivity contribution in [2.45, 2.75) is 80.8 Å². The Morgan fingerprint density at radius 3 is 2.42 bits per heavy atom. The van der Waals surface area contributed by atoms with E-state index in [4.69, 9.17) is 0 Å². The Bertz CT molecular complexity index is 1270. The summed E-state index contributed by atoms with van der Waals surface area (Å²) in [5, 5.41) is 0. The molecular formula is C27H31F3N2O3S. The molecule has 3 fully saturated rings. The van der Waals surface area contributed by atoms with Crippen LogP contribution in [0.5, 0.6) is 0 Å². The number of benzene rings is 2. The van der Waals surface area contributed by atoms with Gasteiger partial charge in [-0.25, -0.2) is 21.6 Å². The summed E-state index contributed by atoms with van der Waals surface area (Å²) < 4.78 is 71.8. The fourth-order valence-corrected chi connectivity index (χ4v) is 8.33. The molecule has 36 heavy (non-hydrogen) atoms. The summed E-state index contributed by atoms with van der Waals surface area (Å²) in [6, 6.07) is 9.35. The first kappa shape index (κ1) is 25.3. The van der Waals surface area contributed by atoms with E-state index in [0.717, 1.165) is 12.0 Å². The highest BCUT2D eigenvalue weighted by Crippen LogP contribution is 2.47. The molecule has 3 atom stereocenters. The van der Waals surface area contributed by atoms with Crippen molar-refractivity contribution in [1.82, 2.24) is 9.21 Å². The van der Waals surface area contributed by atoms with Gasteiger partial charge in [0.05, 0.1) is 4.90 Å². The average Bonchev–Trinajstić information content (AvgIpc) is 3.45. The number of amides is 1. The summed E-state index contributed by atoms with van der Waals surface area (Å²) in [4.78, 5) is 15.2. The molecule has 0 spiro atoms. The third-order valence-electron chi connectivity index (χ3n) is 8.22. The van der Waals surface area contributed by atoms with Crippen LogP contribution in [0.2, 0.25) is 0 Å². The van der Waals surface area contributed by atoms with E-state index < -0.39 is 27.8 Å². The number of likely N-dealkylation sites (N-methyl/N-ethyl adjacent to an activating group) is 1. The van der Waals surface area contributed by atoms with Crippen molar-refractivity contribution in [3.05, 3.63) is 53.8 Å². The lowest BCUT2D eigenvalue weighted by molar-refractivity contribution is -0.140. The molecule has 3 aliphatic rings. The summed E-state index contributed by atoms with van der Waals surface area (Å²) in [5.74, 6) is -3.69. The predicted octanol–water partition coefficient (Wildman–Crippen LogP) is 5.38. The number of aryl methyl sites for hydroxylation is 1. The molecule has 5 rings (SSSR count). The quantitative estimate of drug-likeness (QED) is 0.532. The van der Waals surface area contributed by atoms with Gasteiger partial charge >= 0.3 is 0 Å². The zero-order chi connectivity index (χ0) is 25.8. The number of rotatable bonds is 5. The normalized spacial score (nSPS) is 26.3. The van der Waals surface area contributed by atoms with Crippen LogP contribution in [0, 0.1) is 18.7 Å². The molecule has 0 unspecified atom stereocenters. The standard InChI is InChI=1S/C27H31F3N2O3S/c1-17-7-10-24(22(15-17)21-5-3-4-6-23(21)28)36(34,35)32-20-9-8-18(16-20)25(32)26(33)31(2)19-11-13-27(29,30)14-12-19/h3-7,10,15,18-20,25H,8-9,11-14,16H2,1-2H3/t18-,20+,25-/m0/s1. The maximum atomic E-state index is 14.8. The molecule has 2 bridgehead atoms. The molecule has 5 nitrogen and oxygen atoms in total. The first-order valence-corrected chi connectivity index (χ1v) is 14.0. The van der Waals surface area contributed by atoms with Crippen molar-refractivity contribution in [2.24, 2.45) is 5.92 Å². The Morgan fingerprint density at radius 1 is 1.03 bits per heavy atom. The van der Waals surface area contributed by atoms with Gasteiger partial charge in [-0.2, -0.15) is 4.31 Å². The summed E-state index contributed by atoms with van der Waals surface area (Å²) >= 11 is 0. The van der Waals surface area contributed by atoms with Crippen molar-refractivity contribution in [3.8, 4) is 11.1 Å². The van der Waals surface area contributed by atoms with E-state index in [1.165, 1.54) is 21.3 Å². The molecule has 1 saturated heterocycles. The fourth-order valence-electron chi connectivity index (χ4n) is 6.27. The molecule has 194 valence electrons. The van der Waals surface area contributed by atoms with Gasteiger partial charge in [-0.1, -0.05) is 29.8 Å². The minimum absolute atomic E-state index is 0.0245. The van der Waals surface area contributed by atoms with E-state index in [2.05, 4.69) is 0 Å². The number of nitrogens with zero attached hydrogens (tertiary/aromatic N) is 2. The minimum atomic E-state index is -4.16. The van der Waals surface area contributed by atoms with Gasteiger partial charge in [0, 0.05) is 43.1 Å². The Morgan fingerprint density at radius 2 is 1.72 bits per heavy atom. The number of hydrogen-bond donors (Lipinski definition) is 0. The van der Waals surface area contributed by atoms with Crippen molar-refractivity contribution in [1.29, 1.82) is 0 Å². The molecule has 2 aromatic carbocycles. The number of fused-ring (bicyclic) bond motifs is 2. The highest BCUT2D eigenvalue weighted by Gasteiger charge is 2.56. The van der Waals surface area contributed by atoms with Crippen LogP contribution in [0.15, 0.2) is 47.4 Å². The van der Waals surface area contributed by atoms with Gasteiger partial charge in [0.15, 0.2) is 0 Å². The molecular weight excluding hydrogens is 489 g/mol. The SMILES string of the molecule is Cc1ccc(S(=O)(=O)N2[C@@H]3CC[C@@H](C3)[C@H]2C(=O)N(C)C2CCC(F)(F)CC2)c(-c2ccccc2F)c1. The number of piperidine rings is 1. The first-order valence-electron chi connectivity index (χ1n) is 12.5. The van der Waals surface area contributed by atoms with Gasteiger partial charge in [-0.05, 0) is 63.1 Å². The van der Waals surface area contributed by atoms with Gasteiger partial charge in [0.25, 0.3) is 0 Å². The van der Waals surface area contributed by atoms with Gasteiger partial charge in [-0.3, -0.25) is 4.79 Å². The van der Waals surface area contributed by atoms with E-state index in [-0.39, 0.29) is 65.6 Å². The van der Waals surface area contributed by atoms with Crippen LogP contribution in [0.4, 0.5) is 13.2 Å². The van der Waals surface area contributed by atoms with Gasteiger partial charge < -0.3 is 4.90 Å². The van der Waals surface area contributed by atoms with Crippen LogP contribution >= 0.6 is 0 Å². The molecule has 0 N–H and O–H groups in total. The zero-order valence-corrected chi connectivity index (χ0v) is 21.3. The monoisotopic (exact) mass is 520 g/mol. The Hall–Kier alpha value is -2.39. The Labute approximate surface area is 210 Å². The third-order valence-corrected chi connectivity index (χ3v) is 10.2. The Balaban J connectivity index is 1.51. The molecule has 1 amide bonds. The van der Waals surface area contributed by atoms with Crippen molar-refractivity contribution in [3.63, 3.8) is 0 Å². The van der Waals surface area contributed by atoms with Crippen LogP contribution in [-0.4, -0.2) is 54.6 Å². The van der Waals surface area contributed by atoms with Crippen molar-refractivity contribution < 1.29 is 26.4 Å². The summed E-state index contributed by atoms with van der Waals surface area (Å²) in [7, 11) is -2.56. The smallest absolute Gasteiger partial charge is 0.248 e. The molecule has 9 heteroatoms. The van der Waals surface area contributed by atoms with Crippen LogP contribution < -0.4 is 0 Å². The molecule has 0 radical (unpaired) electrons. The molecule has 1 heterocycles. The molecule has 2 aliphatic carbocycles. The van der Waals surface area contributed by atoms with Gasteiger partial charge in [-0.15, -0.1) is 0 Å². The van der Waals surface area contributed by atoms with Crippen LogP contribution in [-0.2, 0) is 14.8 Å². The lowest BCUT2D eigenvalue weighted by Gasteiger charge is -2.40. The first-order chi connectivity index (χ1) is 17.0. The highest BCUT2D eigenvalue weighted by atomic mass is 32.2. The number of carbonyl (C=O) groups excluding carboxylic acids is 1. The molecule has 1 aliphatic heterocycles. The zero-order valence-electron chi connectivity index (χ0n) is 20.5. The second-order valence-corrected chi connectivity index (χ2v) is 12.3. The number of halogens is 3. The lowest BCUT2D eigenvalue weighted by atomic mass is 9.90. The number of sulfonamides is 1. The maximum absolute atomic E-state index is 14.8. The second kappa shape index (κ2) is 9.17. The van der Waals surface area contributed by atoms with E-state index in [1.807, 2.05) is 6.92 Å². The van der Waals surface area contributed by atoms with Gasteiger partial charge in [0.1, 0.15) is 11.9 Å². The van der Waals surface area contributed by atoms with Crippen LogP contribution in [0.1, 0.15) is 50.5 Å². The van der Waals surface area contributed by atoms with Crippen molar-refractivity contribution >= 4 is 15.9 Å². The lowest BCUT2D eigenvalue weighted by Crippen LogP contribution is -2.55. The molecule has 2 saturated carbocycles. The van der Waals surface area contributed by atoms with E-state index in [1.54, 1.807) is 37.4 Å². The molecule has 2 aromatic rings. The topological polar surface area (TPSA) is 57.7 Å². The fraction of sp³-hybridized carbons (Fsp3) is 0.519. The van der Waals surface area contributed by atoms with Gasteiger partial charge in [0.2, 0.25) is 21.9 Å². The summed E-state index contributed by atoms with van der Waals surface area (Å²) in [6.45, 7) is 1.81. The van der Waals surface area contributed by atoms with E-state index in [0.29, 0.717) is 12.8 Å². The van der Waals surface area contributed by atoms with Crippen molar-refractivity contribution in [2.75, 3.05) is 7.05 Å². The summed E-state index contributed by atoms with van der Waals surface area (Å²) in [5.41, 5.74) is 1.24. The summed E-state index contributed by atoms with van der Waals surface area (Å²) in [6.07, 6.45) is 1.84. The largest absolute Gasteiger partial charge is 0.341 e. The number of carbonyl (C=O) groups is 1. The Kier molecular flexibility index (Phi) is 6.44. The van der Waals surface area contributed by atoms with E-state index in [9.17, 15) is 26.4 Å². The maximum Gasteiger partial charge on any atom is 0.248 e. The minimum Gasteiger partial charge on any atom is -0.341 e. The number of alkyl halides is 2. The number of hydrogen-bond acceptors (Lipinski definition) is 3.